The van der Waals surface area contributed by atoms with Crippen molar-refractivity contribution in [3.8, 4) is 0 Å². The molecule has 0 unspecified atom stereocenters. The quantitative estimate of drug-likeness (QED) is 0.251. The monoisotopic (exact) mass is 296 g/mol. The van der Waals surface area contributed by atoms with Gasteiger partial charge in [0.05, 0.1) is 0 Å². The van der Waals surface area contributed by atoms with E-state index in [0.717, 1.165) is 19.1 Å². The molecule has 0 saturated carbocycles. The zero-order valence-corrected chi connectivity index (χ0v) is 15.5. The molecule has 0 atom stereocenters. The van der Waals surface area contributed by atoms with E-state index in [-0.39, 0.29) is 0 Å². The summed E-state index contributed by atoms with van der Waals surface area (Å²) in [7, 11) is 0. The lowest BCUT2D eigenvalue weighted by atomic mass is 9.63. The standard InChI is InChI=1S/C20H40O/c1-6-7-8-10-13-16-19(2,3)20(4,5)17-14-11-9-12-15-18-21/h18H,6-17H2,1-5H3. The molecule has 0 amide bonds. The van der Waals surface area contributed by atoms with Gasteiger partial charge in [-0.3, -0.25) is 0 Å². The average molecular weight is 297 g/mol. The van der Waals surface area contributed by atoms with Gasteiger partial charge in [-0.15, -0.1) is 0 Å². The summed E-state index contributed by atoms with van der Waals surface area (Å²) in [6, 6.07) is 0. The van der Waals surface area contributed by atoms with E-state index >= 15 is 0 Å². The van der Waals surface area contributed by atoms with E-state index in [0.29, 0.717) is 10.8 Å². The third-order valence-electron chi connectivity index (χ3n) is 5.61. The lowest BCUT2D eigenvalue weighted by Crippen LogP contribution is -2.32. The Morgan fingerprint density at radius 1 is 0.667 bits per heavy atom. The van der Waals surface area contributed by atoms with Gasteiger partial charge < -0.3 is 4.79 Å². The molecule has 0 aliphatic rings. The Morgan fingerprint density at radius 3 is 1.52 bits per heavy atom. The van der Waals surface area contributed by atoms with Crippen LogP contribution in [0.25, 0.3) is 0 Å². The van der Waals surface area contributed by atoms with E-state index in [4.69, 9.17) is 0 Å². The maximum Gasteiger partial charge on any atom is 0.119 e. The summed E-state index contributed by atoms with van der Waals surface area (Å²) < 4.78 is 0. The number of carbonyl (C=O) groups excluding carboxylic acids is 1. The average Bonchev–Trinajstić information content (AvgIpc) is 2.42. The lowest BCUT2D eigenvalue weighted by Gasteiger charge is -2.42. The first-order valence-electron chi connectivity index (χ1n) is 9.31. The predicted octanol–water partition coefficient (Wildman–Crippen LogP) is 6.94. The van der Waals surface area contributed by atoms with Crippen molar-refractivity contribution >= 4 is 6.29 Å². The first-order valence-corrected chi connectivity index (χ1v) is 9.31. The highest BCUT2D eigenvalue weighted by atomic mass is 16.1. The predicted molar refractivity (Wildman–Crippen MR) is 94.7 cm³/mol. The van der Waals surface area contributed by atoms with Crippen LogP contribution in [0.4, 0.5) is 0 Å². The van der Waals surface area contributed by atoms with Crippen LogP contribution in [0.3, 0.4) is 0 Å². The van der Waals surface area contributed by atoms with Crippen LogP contribution in [0.15, 0.2) is 0 Å². The van der Waals surface area contributed by atoms with Crippen molar-refractivity contribution in [1.82, 2.24) is 0 Å². The first-order chi connectivity index (χ1) is 9.87. The Hall–Kier alpha value is -0.330. The first kappa shape index (κ1) is 20.7. The van der Waals surface area contributed by atoms with E-state index in [1.165, 1.54) is 64.2 Å². The Morgan fingerprint density at radius 2 is 1.10 bits per heavy atom. The van der Waals surface area contributed by atoms with Crippen molar-refractivity contribution in [2.45, 2.75) is 112 Å². The van der Waals surface area contributed by atoms with Gasteiger partial charge in [0.15, 0.2) is 0 Å². The van der Waals surface area contributed by atoms with Gasteiger partial charge in [-0.25, -0.2) is 0 Å². The van der Waals surface area contributed by atoms with Gasteiger partial charge >= 0.3 is 0 Å². The van der Waals surface area contributed by atoms with Gasteiger partial charge in [-0.2, -0.15) is 0 Å². The third kappa shape index (κ3) is 9.32. The van der Waals surface area contributed by atoms with Crippen LogP contribution in [0, 0.1) is 10.8 Å². The molecule has 0 aromatic heterocycles. The van der Waals surface area contributed by atoms with Gasteiger partial charge in [0.1, 0.15) is 6.29 Å². The maximum absolute atomic E-state index is 10.3. The zero-order valence-electron chi connectivity index (χ0n) is 15.5. The second kappa shape index (κ2) is 11.3. The fourth-order valence-electron chi connectivity index (χ4n) is 3.00. The molecular formula is C20H40O. The van der Waals surface area contributed by atoms with Crippen LogP contribution < -0.4 is 0 Å². The van der Waals surface area contributed by atoms with Gasteiger partial charge in [-0.1, -0.05) is 86.0 Å². The van der Waals surface area contributed by atoms with Crippen LogP contribution >= 0.6 is 0 Å². The Kier molecular flexibility index (Phi) is 11.1. The maximum atomic E-state index is 10.3. The second-order valence-electron chi connectivity index (χ2n) is 8.05. The summed E-state index contributed by atoms with van der Waals surface area (Å²) in [6.45, 7) is 12.1. The Balaban J connectivity index is 3.93. The van der Waals surface area contributed by atoms with Crippen molar-refractivity contribution in [3.63, 3.8) is 0 Å². The molecule has 0 bridgehead atoms. The molecular weight excluding hydrogens is 256 g/mol. The topological polar surface area (TPSA) is 17.1 Å². The minimum Gasteiger partial charge on any atom is -0.303 e. The van der Waals surface area contributed by atoms with Crippen molar-refractivity contribution in [2.75, 3.05) is 0 Å². The van der Waals surface area contributed by atoms with E-state index in [2.05, 4.69) is 34.6 Å². The van der Waals surface area contributed by atoms with E-state index in [1.807, 2.05) is 0 Å². The zero-order chi connectivity index (χ0) is 16.2. The Labute approximate surface area is 134 Å². The molecule has 21 heavy (non-hydrogen) atoms. The van der Waals surface area contributed by atoms with Crippen molar-refractivity contribution in [3.05, 3.63) is 0 Å². The van der Waals surface area contributed by atoms with Crippen molar-refractivity contribution in [2.24, 2.45) is 10.8 Å². The minimum atomic E-state index is 0.419. The van der Waals surface area contributed by atoms with Crippen molar-refractivity contribution in [1.29, 1.82) is 0 Å². The van der Waals surface area contributed by atoms with E-state index < -0.39 is 0 Å². The fraction of sp³-hybridized carbons (Fsp3) is 0.950. The Bertz CT molecular complexity index is 253. The highest BCUT2D eigenvalue weighted by Gasteiger charge is 2.35. The molecule has 1 heteroatoms. The van der Waals surface area contributed by atoms with Crippen LogP contribution in [0.1, 0.15) is 112 Å². The molecule has 0 spiro atoms. The van der Waals surface area contributed by atoms with E-state index in [9.17, 15) is 4.79 Å². The second-order valence-corrected chi connectivity index (χ2v) is 8.05. The highest BCUT2D eigenvalue weighted by molar-refractivity contribution is 5.48. The van der Waals surface area contributed by atoms with Gasteiger partial charge in [0.2, 0.25) is 0 Å². The summed E-state index contributed by atoms with van der Waals surface area (Å²) in [4.78, 5) is 10.3. The molecule has 0 aliphatic heterocycles. The highest BCUT2D eigenvalue weighted by Crippen LogP contribution is 2.46. The summed E-state index contributed by atoms with van der Waals surface area (Å²) in [5.41, 5.74) is 0.852. The lowest BCUT2D eigenvalue weighted by molar-refractivity contribution is -0.107. The molecule has 126 valence electrons. The molecule has 0 aliphatic carbocycles. The minimum absolute atomic E-state index is 0.419. The molecule has 0 heterocycles. The molecule has 0 N–H and O–H groups in total. The molecule has 0 aromatic carbocycles. The summed E-state index contributed by atoms with van der Waals surface area (Å²) in [5.74, 6) is 0. The molecule has 0 aromatic rings. The SMILES string of the molecule is CCCCCCCC(C)(C)C(C)(C)CCCCCCC=O. The van der Waals surface area contributed by atoms with E-state index in [1.54, 1.807) is 0 Å². The molecule has 0 rings (SSSR count). The summed E-state index contributed by atoms with van der Waals surface area (Å²) >= 11 is 0. The molecule has 0 radical (unpaired) electrons. The summed E-state index contributed by atoms with van der Waals surface area (Å²) in [6.07, 6.45) is 16.3. The number of hydrogen-bond donors (Lipinski definition) is 0. The molecule has 0 fully saturated rings. The molecule has 0 saturated heterocycles. The summed E-state index contributed by atoms with van der Waals surface area (Å²) in [5, 5.41) is 0. The third-order valence-corrected chi connectivity index (χ3v) is 5.61. The van der Waals surface area contributed by atoms with Gasteiger partial charge in [-0.05, 0) is 30.1 Å². The number of aldehydes is 1. The normalized spacial score (nSPS) is 12.6. The van der Waals surface area contributed by atoms with Gasteiger partial charge in [0, 0.05) is 6.42 Å². The smallest absolute Gasteiger partial charge is 0.119 e. The number of hydrogen-bond acceptors (Lipinski definition) is 1. The fourth-order valence-corrected chi connectivity index (χ4v) is 3.00. The number of rotatable bonds is 14. The van der Waals surface area contributed by atoms with Gasteiger partial charge in [0.25, 0.3) is 0 Å². The number of unbranched alkanes of at least 4 members (excludes halogenated alkanes) is 8. The number of carbonyl (C=O) groups is 1. The molecule has 1 nitrogen and oxygen atoms in total. The van der Waals surface area contributed by atoms with Crippen LogP contribution in [0.2, 0.25) is 0 Å². The van der Waals surface area contributed by atoms with Crippen LogP contribution in [-0.4, -0.2) is 6.29 Å². The van der Waals surface area contributed by atoms with Crippen LogP contribution in [0.5, 0.6) is 0 Å². The van der Waals surface area contributed by atoms with Crippen molar-refractivity contribution < 1.29 is 4.79 Å². The van der Waals surface area contributed by atoms with Crippen LogP contribution in [-0.2, 0) is 4.79 Å². The largest absolute Gasteiger partial charge is 0.303 e.